The van der Waals surface area contributed by atoms with Gasteiger partial charge in [0.15, 0.2) is 0 Å². The molecule has 0 atom stereocenters. The van der Waals surface area contributed by atoms with Gasteiger partial charge in [0.25, 0.3) is 0 Å². The molecule has 0 fully saturated rings. The minimum Gasteiger partial charge on any atom is -0.467 e. The fourth-order valence-electron chi connectivity index (χ4n) is 0.920. The van der Waals surface area contributed by atoms with Gasteiger partial charge >= 0.3 is 12.1 Å². The first-order valence-corrected chi connectivity index (χ1v) is 4.71. The summed E-state index contributed by atoms with van der Waals surface area (Å²) in [4.78, 5) is 23.0. The highest BCUT2D eigenvalue weighted by molar-refractivity contribution is 5.81. The molecule has 16 heavy (non-hydrogen) atoms. The maximum Gasteiger partial charge on any atom is 0.413 e. The van der Waals surface area contributed by atoms with Gasteiger partial charge in [-0.15, -0.1) is 0 Å². The molecule has 0 radical (unpaired) electrons. The van der Waals surface area contributed by atoms with E-state index in [2.05, 4.69) is 25.0 Å². The molecular formula is C9H14N4O3. The molecule has 1 N–H and O–H groups in total. The predicted octanol–water partition coefficient (Wildman–Crippen LogP) is 1.18. The predicted molar refractivity (Wildman–Crippen MR) is 56.5 cm³/mol. The molecule has 1 rings (SSSR count). The number of ether oxygens (including phenoxy) is 2. The molecule has 0 unspecified atom stereocenters. The van der Waals surface area contributed by atoms with E-state index >= 15 is 0 Å². The monoisotopic (exact) mass is 226 g/mol. The zero-order valence-electron chi connectivity index (χ0n) is 9.64. The Balaban J connectivity index is 2.99. The molecule has 0 aliphatic heterocycles. The summed E-state index contributed by atoms with van der Waals surface area (Å²) < 4.78 is 9.34. The van der Waals surface area contributed by atoms with E-state index in [4.69, 9.17) is 4.74 Å². The van der Waals surface area contributed by atoms with Gasteiger partial charge in [0.1, 0.15) is 5.82 Å². The van der Waals surface area contributed by atoms with Crippen molar-refractivity contribution in [1.29, 1.82) is 0 Å². The van der Waals surface area contributed by atoms with Gasteiger partial charge in [-0.1, -0.05) is 13.8 Å². The first-order chi connectivity index (χ1) is 7.56. The van der Waals surface area contributed by atoms with Crippen molar-refractivity contribution in [2.24, 2.45) is 0 Å². The van der Waals surface area contributed by atoms with E-state index in [0.29, 0.717) is 5.82 Å². The highest BCUT2D eigenvalue weighted by Crippen LogP contribution is 2.14. The Kier molecular flexibility index (Phi) is 3.98. The fourth-order valence-corrected chi connectivity index (χ4v) is 0.920. The van der Waals surface area contributed by atoms with Crippen molar-refractivity contribution in [1.82, 2.24) is 15.0 Å². The van der Waals surface area contributed by atoms with Crippen LogP contribution in [0.25, 0.3) is 0 Å². The summed E-state index contributed by atoms with van der Waals surface area (Å²) in [5.74, 6) is 0.760. The molecule has 0 aliphatic carbocycles. The molecule has 0 aliphatic rings. The van der Waals surface area contributed by atoms with Crippen molar-refractivity contribution in [3.8, 4) is 6.01 Å². The molecule has 1 aromatic heterocycles. The van der Waals surface area contributed by atoms with Crippen LogP contribution in [-0.4, -0.2) is 35.3 Å². The summed E-state index contributed by atoms with van der Waals surface area (Å²) in [7, 11) is 2.71. The van der Waals surface area contributed by atoms with Crippen LogP contribution in [0.1, 0.15) is 25.6 Å². The van der Waals surface area contributed by atoms with Gasteiger partial charge < -0.3 is 9.47 Å². The summed E-state index contributed by atoms with van der Waals surface area (Å²) in [6.45, 7) is 3.85. The third kappa shape index (κ3) is 3.04. The smallest absolute Gasteiger partial charge is 0.413 e. The van der Waals surface area contributed by atoms with Crippen LogP contribution < -0.4 is 10.1 Å². The summed E-state index contributed by atoms with van der Waals surface area (Å²) in [5, 5.41) is 2.36. The number of hydrogen-bond donors (Lipinski definition) is 1. The highest BCUT2D eigenvalue weighted by Gasteiger charge is 2.11. The third-order valence-corrected chi connectivity index (χ3v) is 1.73. The van der Waals surface area contributed by atoms with Crippen molar-refractivity contribution in [3.63, 3.8) is 0 Å². The zero-order valence-corrected chi connectivity index (χ0v) is 9.64. The maximum atomic E-state index is 11.0. The zero-order chi connectivity index (χ0) is 12.1. The summed E-state index contributed by atoms with van der Waals surface area (Å²) in [6, 6.07) is 0.158. The number of carbonyl (C=O) groups is 1. The second kappa shape index (κ2) is 5.24. The normalized spacial score (nSPS) is 10.1. The number of rotatable bonds is 3. The average molecular weight is 226 g/mol. The molecule has 7 nitrogen and oxygen atoms in total. The molecule has 7 heteroatoms. The number of aromatic nitrogens is 3. The van der Waals surface area contributed by atoms with Crippen molar-refractivity contribution in [2.75, 3.05) is 19.5 Å². The van der Waals surface area contributed by atoms with Crippen LogP contribution in [0.4, 0.5) is 10.7 Å². The average Bonchev–Trinajstić information content (AvgIpc) is 2.28. The third-order valence-electron chi connectivity index (χ3n) is 1.73. The summed E-state index contributed by atoms with van der Waals surface area (Å²) in [5.41, 5.74) is 0. The van der Waals surface area contributed by atoms with Crippen molar-refractivity contribution in [3.05, 3.63) is 5.82 Å². The lowest BCUT2D eigenvalue weighted by Gasteiger charge is -2.08. The first kappa shape index (κ1) is 12.2. The lowest BCUT2D eigenvalue weighted by Crippen LogP contribution is -2.15. The first-order valence-electron chi connectivity index (χ1n) is 4.71. The highest BCUT2D eigenvalue weighted by atomic mass is 16.5. The lowest BCUT2D eigenvalue weighted by atomic mass is 10.2. The Morgan fingerprint density at radius 1 is 1.25 bits per heavy atom. The number of amides is 1. The Labute approximate surface area is 93.2 Å². The Morgan fingerprint density at radius 2 is 1.94 bits per heavy atom. The van der Waals surface area contributed by atoms with Gasteiger partial charge in [-0.25, -0.2) is 4.79 Å². The summed E-state index contributed by atoms with van der Waals surface area (Å²) >= 11 is 0. The van der Waals surface area contributed by atoms with Crippen LogP contribution in [-0.2, 0) is 4.74 Å². The van der Waals surface area contributed by atoms with Crippen LogP contribution >= 0.6 is 0 Å². The Hall–Kier alpha value is -1.92. The lowest BCUT2D eigenvalue weighted by molar-refractivity contribution is 0.186. The molecule has 0 aromatic carbocycles. The van der Waals surface area contributed by atoms with Crippen LogP contribution in [0.15, 0.2) is 0 Å². The van der Waals surface area contributed by atoms with Crippen LogP contribution in [0.5, 0.6) is 6.01 Å². The molecule has 0 saturated heterocycles. The van der Waals surface area contributed by atoms with Crippen molar-refractivity contribution < 1.29 is 14.3 Å². The Bertz CT molecular complexity index is 381. The van der Waals surface area contributed by atoms with E-state index in [1.54, 1.807) is 0 Å². The quantitative estimate of drug-likeness (QED) is 0.832. The second-order valence-electron chi connectivity index (χ2n) is 3.28. The molecule has 0 bridgehead atoms. The minimum atomic E-state index is -0.636. The van der Waals surface area contributed by atoms with Gasteiger partial charge in [0.2, 0.25) is 5.95 Å². The number of anilines is 1. The van der Waals surface area contributed by atoms with E-state index < -0.39 is 6.09 Å². The number of nitrogens with one attached hydrogen (secondary N) is 1. The number of nitrogens with zero attached hydrogens (tertiary/aromatic N) is 3. The van der Waals surface area contributed by atoms with E-state index in [-0.39, 0.29) is 17.9 Å². The molecule has 0 spiro atoms. The maximum absolute atomic E-state index is 11.0. The SMILES string of the molecule is COC(=O)Nc1nc(OC)nc(C(C)C)n1. The van der Waals surface area contributed by atoms with E-state index in [1.165, 1.54) is 14.2 Å². The van der Waals surface area contributed by atoms with Gasteiger partial charge in [-0.3, -0.25) is 5.32 Å². The molecule has 0 saturated carbocycles. The van der Waals surface area contributed by atoms with Gasteiger partial charge in [-0.2, -0.15) is 15.0 Å². The number of hydrogen-bond acceptors (Lipinski definition) is 6. The van der Waals surface area contributed by atoms with E-state index in [9.17, 15) is 4.79 Å². The standard InChI is InChI=1S/C9H14N4O3/c1-5(2)6-10-7(13-9(14)16-4)12-8(11-6)15-3/h5H,1-4H3,(H,10,11,12,13,14). The molecule has 1 amide bonds. The van der Waals surface area contributed by atoms with Crippen LogP contribution in [0, 0.1) is 0 Å². The van der Waals surface area contributed by atoms with Gasteiger partial charge in [0.05, 0.1) is 14.2 Å². The molecular weight excluding hydrogens is 212 g/mol. The van der Waals surface area contributed by atoms with Gasteiger partial charge in [0, 0.05) is 5.92 Å². The molecule has 88 valence electrons. The summed E-state index contributed by atoms with van der Waals surface area (Å²) in [6.07, 6.45) is -0.636. The van der Waals surface area contributed by atoms with Crippen molar-refractivity contribution >= 4 is 12.0 Å². The second-order valence-corrected chi connectivity index (χ2v) is 3.28. The van der Waals surface area contributed by atoms with Gasteiger partial charge in [-0.05, 0) is 0 Å². The molecule has 1 aromatic rings. The largest absolute Gasteiger partial charge is 0.467 e. The Morgan fingerprint density at radius 3 is 2.44 bits per heavy atom. The van der Waals surface area contributed by atoms with E-state index in [1.807, 2.05) is 13.8 Å². The van der Waals surface area contributed by atoms with Crippen LogP contribution in [0.2, 0.25) is 0 Å². The fraction of sp³-hybridized carbons (Fsp3) is 0.556. The van der Waals surface area contributed by atoms with Crippen LogP contribution in [0.3, 0.4) is 0 Å². The number of carbonyl (C=O) groups excluding carboxylic acids is 1. The minimum absolute atomic E-state index is 0.107. The molecule has 1 heterocycles. The number of methoxy groups -OCH3 is 2. The van der Waals surface area contributed by atoms with Crippen molar-refractivity contribution in [2.45, 2.75) is 19.8 Å². The topological polar surface area (TPSA) is 86.2 Å². The van der Waals surface area contributed by atoms with E-state index in [0.717, 1.165) is 0 Å².